The summed E-state index contributed by atoms with van der Waals surface area (Å²) in [6.45, 7) is 8.27. The number of hydrogen-bond acceptors (Lipinski definition) is 7. The Bertz CT molecular complexity index is 1170. The van der Waals surface area contributed by atoms with Crippen molar-refractivity contribution in [3.05, 3.63) is 24.3 Å². The summed E-state index contributed by atoms with van der Waals surface area (Å²) in [7, 11) is -5.98. The zero-order chi connectivity index (χ0) is 25.0. The molecule has 2 atom stereocenters. The van der Waals surface area contributed by atoms with Crippen molar-refractivity contribution in [1.29, 1.82) is 0 Å². The lowest BCUT2D eigenvalue weighted by Crippen LogP contribution is -2.55. The van der Waals surface area contributed by atoms with Crippen LogP contribution in [0.25, 0.3) is 0 Å². The minimum atomic E-state index is -3.04. The highest BCUT2D eigenvalue weighted by Crippen LogP contribution is 2.44. The van der Waals surface area contributed by atoms with Gasteiger partial charge >= 0.3 is 6.03 Å². The molecule has 0 radical (unpaired) electrons. The van der Waals surface area contributed by atoms with E-state index in [1.807, 2.05) is 17.0 Å². The summed E-state index contributed by atoms with van der Waals surface area (Å²) in [5.41, 5.74) is 2.16. The molecule has 5 heterocycles. The topological polar surface area (TPSA) is 98.3 Å². The second-order valence-corrected chi connectivity index (χ2v) is 15.8. The minimum absolute atomic E-state index is 0.0123. The van der Waals surface area contributed by atoms with Crippen molar-refractivity contribution in [2.75, 3.05) is 78.6 Å². The first-order valence-electron chi connectivity index (χ1n) is 12.5. The average Bonchev–Trinajstić information content (AvgIpc) is 3.06. The van der Waals surface area contributed by atoms with Gasteiger partial charge in [-0.2, -0.15) is 0 Å². The maximum absolute atomic E-state index is 13.4. The van der Waals surface area contributed by atoms with Crippen LogP contribution in [-0.2, 0) is 19.7 Å². The Morgan fingerprint density at radius 2 is 1.43 bits per heavy atom. The number of benzene rings is 1. The highest BCUT2D eigenvalue weighted by Gasteiger charge is 2.47. The largest absolute Gasteiger partial charge is 0.369 e. The summed E-state index contributed by atoms with van der Waals surface area (Å²) in [4.78, 5) is 21.6. The number of amides is 2. The maximum Gasteiger partial charge on any atom is 0.320 e. The van der Waals surface area contributed by atoms with Crippen LogP contribution in [0.15, 0.2) is 24.3 Å². The van der Waals surface area contributed by atoms with Gasteiger partial charge in [0, 0.05) is 57.2 Å². The Morgan fingerprint density at radius 1 is 0.829 bits per heavy atom. The Hall–Kier alpha value is -2.01. The van der Waals surface area contributed by atoms with Crippen molar-refractivity contribution in [3.8, 4) is 0 Å². The molecule has 2 bridgehead atoms. The third kappa shape index (κ3) is 5.12. The fourth-order valence-electron chi connectivity index (χ4n) is 6.22. The quantitative estimate of drug-likeness (QED) is 0.575. The first-order valence-corrected chi connectivity index (χ1v) is 16.1. The molecular formula is C24H36N4O5S2. The SMILES string of the molecule is CC1(C)CC2CN(C(=O)N3CCS(=O)(=O)CC3)C[C@H]1N(c1cccc(N3CCS(=O)(=O)CC3)c1)C2. The molecule has 0 aromatic heterocycles. The molecule has 5 aliphatic rings. The molecule has 9 nitrogen and oxygen atoms in total. The van der Waals surface area contributed by atoms with E-state index in [2.05, 4.69) is 35.8 Å². The van der Waals surface area contributed by atoms with E-state index in [1.165, 1.54) is 0 Å². The predicted molar refractivity (Wildman–Crippen MR) is 138 cm³/mol. The Kier molecular flexibility index (Phi) is 6.22. The van der Waals surface area contributed by atoms with Crippen molar-refractivity contribution in [2.45, 2.75) is 26.3 Å². The van der Waals surface area contributed by atoms with Crippen LogP contribution >= 0.6 is 0 Å². The fraction of sp³-hybridized carbons (Fsp3) is 0.708. The van der Waals surface area contributed by atoms with Crippen molar-refractivity contribution >= 4 is 37.1 Å². The Morgan fingerprint density at radius 3 is 2.09 bits per heavy atom. The summed E-state index contributed by atoms with van der Waals surface area (Å²) in [6.07, 6.45) is 1.04. The molecule has 5 fully saturated rings. The van der Waals surface area contributed by atoms with Crippen molar-refractivity contribution in [3.63, 3.8) is 0 Å². The Labute approximate surface area is 208 Å². The molecule has 2 amide bonds. The number of carbonyl (C=O) groups is 1. The van der Waals surface area contributed by atoms with Gasteiger partial charge in [0.1, 0.15) is 0 Å². The van der Waals surface area contributed by atoms with Gasteiger partial charge in [-0.1, -0.05) is 19.9 Å². The van der Waals surface area contributed by atoms with Gasteiger partial charge in [0.25, 0.3) is 0 Å². The van der Waals surface area contributed by atoms with Crippen molar-refractivity contribution in [1.82, 2.24) is 9.80 Å². The van der Waals surface area contributed by atoms with Gasteiger partial charge in [-0.25, -0.2) is 21.6 Å². The summed E-state index contributed by atoms with van der Waals surface area (Å²) in [5, 5.41) is 0. The van der Waals surface area contributed by atoms with E-state index in [1.54, 1.807) is 4.90 Å². The number of hydrogen-bond donors (Lipinski definition) is 0. The molecule has 6 rings (SSSR count). The molecule has 11 heteroatoms. The van der Waals surface area contributed by atoms with Crippen LogP contribution < -0.4 is 9.80 Å². The van der Waals surface area contributed by atoms with Crippen LogP contribution in [0.1, 0.15) is 20.3 Å². The van der Waals surface area contributed by atoms with E-state index >= 15 is 0 Å². The van der Waals surface area contributed by atoms with Gasteiger partial charge in [-0.05, 0) is 36.0 Å². The number of anilines is 2. The van der Waals surface area contributed by atoms with Gasteiger partial charge in [-0.3, -0.25) is 0 Å². The first-order chi connectivity index (χ1) is 16.4. The monoisotopic (exact) mass is 524 g/mol. The third-order valence-corrected chi connectivity index (χ3v) is 11.4. The van der Waals surface area contributed by atoms with E-state index in [0.717, 1.165) is 24.3 Å². The lowest BCUT2D eigenvalue weighted by Gasteiger charge is -2.48. The van der Waals surface area contributed by atoms with E-state index in [0.29, 0.717) is 32.1 Å². The molecule has 0 aliphatic carbocycles. The molecule has 0 spiro atoms. The molecule has 194 valence electrons. The van der Waals surface area contributed by atoms with Gasteiger partial charge in [0.05, 0.1) is 29.1 Å². The molecule has 1 unspecified atom stereocenters. The number of piperidine rings is 1. The molecular weight excluding hydrogens is 488 g/mol. The number of rotatable bonds is 2. The average molecular weight is 525 g/mol. The van der Waals surface area contributed by atoms with E-state index < -0.39 is 19.7 Å². The summed E-state index contributed by atoms with van der Waals surface area (Å²) < 4.78 is 47.4. The van der Waals surface area contributed by atoms with Crippen LogP contribution in [0, 0.1) is 11.3 Å². The van der Waals surface area contributed by atoms with E-state index in [-0.39, 0.29) is 53.6 Å². The Balaban J connectivity index is 1.36. The molecule has 1 aromatic carbocycles. The highest BCUT2D eigenvalue weighted by molar-refractivity contribution is 7.91. The zero-order valence-corrected chi connectivity index (χ0v) is 22.2. The molecule has 5 saturated heterocycles. The van der Waals surface area contributed by atoms with Gasteiger partial charge in [0.2, 0.25) is 0 Å². The summed E-state index contributed by atoms with van der Waals surface area (Å²) in [5.74, 6) is 0.787. The molecule has 0 saturated carbocycles. The molecule has 1 aromatic rings. The zero-order valence-electron chi connectivity index (χ0n) is 20.6. The standard InChI is InChI=1S/C24H36N4O5S2/c1-24(2)15-19-16-27(23(29)26-8-12-35(32,33)13-9-26)18-22(24)28(17-19)21-5-3-4-20(14-21)25-6-10-34(30,31)11-7-25/h3-5,14,19,22H,6-13,15-18H2,1-2H3/t19?,22-/m1/s1. The summed E-state index contributed by atoms with van der Waals surface area (Å²) in [6, 6.07) is 8.45. The number of nitrogens with zero attached hydrogens (tertiary/aromatic N) is 4. The molecule has 0 N–H and O–H groups in total. The van der Waals surface area contributed by atoms with Crippen LogP contribution in [0.3, 0.4) is 0 Å². The van der Waals surface area contributed by atoms with Gasteiger partial charge in [0.15, 0.2) is 19.7 Å². The predicted octanol–water partition coefficient (Wildman–Crippen LogP) is 1.31. The lowest BCUT2D eigenvalue weighted by atomic mass is 9.73. The first kappa shape index (κ1) is 24.7. The number of sulfone groups is 2. The van der Waals surface area contributed by atoms with Gasteiger partial charge < -0.3 is 19.6 Å². The lowest BCUT2D eigenvalue weighted by molar-refractivity contribution is 0.153. The van der Waals surface area contributed by atoms with Crippen LogP contribution in [0.2, 0.25) is 0 Å². The maximum atomic E-state index is 13.4. The van der Waals surface area contributed by atoms with Crippen molar-refractivity contribution < 1.29 is 21.6 Å². The van der Waals surface area contributed by atoms with E-state index in [9.17, 15) is 21.6 Å². The van der Waals surface area contributed by atoms with Crippen LogP contribution in [-0.4, -0.2) is 108 Å². The second-order valence-electron chi connectivity index (χ2n) is 11.2. The molecule has 5 aliphatic heterocycles. The van der Waals surface area contributed by atoms with Gasteiger partial charge in [-0.15, -0.1) is 0 Å². The second kappa shape index (κ2) is 8.83. The normalized spacial score (nSPS) is 29.7. The molecule has 35 heavy (non-hydrogen) atoms. The minimum Gasteiger partial charge on any atom is -0.369 e. The third-order valence-electron chi connectivity index (χ3n) is 8.18. The summed E-state index contributed by atoms with van der Waals surface area (Å²) >= 11 is 0. The highest BCUT2D eigenvalue weighted by atomic mass is 32.2. The number of urea groups is 1. The fourth-order valence-corrected chi connectivity index (χ4v) is 8.62. The van der Waals surface area contributed by atoms with Crippen LogP contribution in [0.4, 0.5) is 16.2 Å². The van der Waals surface area contributed by atoms with Crippen molar-refractivity contribution in [2.24, 2.45) is 11.3 Å². The number of fused-ring (bicyclic) bond motifs is 4. The smallest absolute Gasteiger partial charge is 0.320 e. The van der Waals surface area contributed by atoms with Crippen LogP contribution in [0.5, 0.6) is 0 Å². The number of carbonyl (C=O) groups excluding carboxylic acids is 1. The van der Waals surface area contributed by atoms with E-state index in [4.69, 9.17) is 0 Å².